The number of ether oxygens (including phenoxy) is 1. The number of carbonyl (C=O) groups excluding carboxylic acids is 1. The van der Waals surface area contributed by atoms with Gasteiger partial charge in [-0.15, -0.1) is 0 Å². The molecular formula is C11H7F3O2. The first-order valence-electron chi connectivity index (χ1n) is 4.52. The summed E-state index contributed by atoms with van der Waals surface area (Å²) in [6.07, 6.45) is -3.34. The first-order chi connectivity index (χ1) is 7.48. The topological polar surface area (TPSA) is 26.3 Å². The van der Waals surface area contributed by atoms with Crippen LogP contribution in [0.1, 0.15) is 11.1 Å². The minimum absolute atomic E-state index is 0.000787. The van der Waals surface area contributed by atoms with Crippen LogP contribution in [-0.4, -0.2) is 12.6 Å². The van der Waals surface area contributed by atoms with Crippen molar-refractivity contribution in [1.82, 2.24) is 0 Å². The van der Waals surface area contributed by atoms with E-state index < -0.39 is 17.7 Å². The maximum Gasteiger partial charge on any atom is 0.416 e. The van der Waals surface area contributed by atoms with Crippen LogP contribution in [0.2, 0.25) is 0 Å². The standard InChI is InChI=1S/C11H7F3O2/c12-11(13,14)9-4-2-1-3-8(9)7-5-10(15)16-6-7/h1-5H,6H2. The Balaban J connectivity index is 2.49. The van der Waals surface area contributed by atoms with E-state index >= 15 is 0 Å². The van der Waals surface area contributed by atoms with E-state index in [1.54, 1.807) is 0 Å². The minimum atomic E-state index is -4.43. The molecule has 1 aromatic carbocycles. The molecule has 0 radical (unpaired) electrons. The van der Waals surface area contributed by atoms with Gasteiger partial charge in [0.2, 0.25) is 0 Å². The zero-order valence-electron chi connectivity index (χ0n) is 8.04. The van der Waals surface area contributed by atoms with Gasteiger partial charge < -0.3 is 4.74 Å². The second-order valence-electron chi connectivity index (χ2n) is 3.32. The predicted molar refractivity (Wildman–Crippen MR) is 50.4 cm³/mol. The summed E-state index contributed by atoms with van der Waals surface area (Å²) < 4.78 is 42.5. The molecule has 2 nitrogen and oxygen atoms in total. The third-order valence-corrected chi connectivity index (χ3v) is 2.24. The highest BCUT2D eigenvalue weighted by Gasteiger charge is 2.34. The Hall–Kier alpha value is -1.78. The van der Waals surface area contributed by atoms with Crippen molar-refractivity contribution in [2.24, 2.45) is 0 Å². The van der Waals surface area contributed by atoms with Crippen LogP contribution in [0.25, 0.3) is 5.57 Å². The van der Waals surface area contributed by atoms with Crippen LogP contribution in [0.4, 0.5) is 13.2 Å². The highest BCUT2D eigenvalue weighted by Crippen LogP contribution is 2.35. The molecule has 1 heterocycles. The van der Waals surface area contributed by atoms with Gasteiger partial charge in [-0.1, -0.05) is 18.2 Å². The van der Waals surface area contributed by atoms with Gasteiger partial charge in [0.1, 0.15) is 6.61 Å². The highest BCUT2D eigenvalue weighted by molar-refractivity contribution is 5.96. The van der Waals surface area contributed by atoms with Gasteiger partial charge in [-0.2, -0.15) is 13.2 Å². The molecular weight excluding hydrogens is 221 g/mol. The molecule has 16 heavy (non-hydrogen) atoms. The molecule has 0 bridgehead atoms. The average molecular weight is 228 g/mol. The maximum atomic E-state index is 12.6. The Labute approximate surface area is 89.3 Å². The first kappa shape index (κ1) is 10.7. The number of hydrogen-bond donors (Lipinski definition) is 0. The lowest BCUT2D eigenvalue weighted by molar-refractivity contribution is -0.137. The van der Waals surface area contributed by atoms with E-state index in [0.717, 1.165) is 12.1 Å². The molecule has 1 aliphatic heterocycles. The highest BCUT2D eigenvalue weighted by atomic mass is 19.4. The van der Waals surface area contributed by atoms with Crippen LogP contribution in [0.3, 0.4) is 0 Å². The number of carbonyl (C=O) groups is 1. The SMILES string of the molecule is O=C1C=C(c2ccccc2C(F)(F)F)CO1. The van der Waals surface area contributed by atoms with Crippen molar-refractivity contribution in [1.29, 1.82) is 0 Å². The van der Waals surface area contributed by atoms with Crippen molar-refractivity contribution in [3.63, 3.8) is 0 Å². The summed E-state index contributed by atoms with van der Waals surface area (Å²) in [5, 5.41) is 0. The van der Waals surface area contributed by atoms with Gasteiger partial charge in [-0.25, -0.2) is 4.79 Å². The number of alkyl halides is 3. The number of benzene rings is 1. The lowest BCUT2D eigenvalue weighted by atomic mass is 10.0. The summed E-state index contributed by atoms with van der Waals surface area (Å²) in [5.41, 5.74) is -0.488. The van der Waals surface area contributed by atoms with Crippen molar-refractivity contribution in [3.05, 3.63) is 41.5 Å². The molecule has 0 fully saturated rings. The molecule has 0 amide bonds. The summed E-state index contributed by atoms with van der Waals surface area (Å²) in [4.78, 5) is 10.8. The summed E-state index contributed by atoms with van der Waals surface area (Å²) in [7, 11) is 0. The van der Waals surface area contributed by atoms with Gasteiger partial charge in [0.15, 0.2) is 0 Å². The van der Waals surface area contributed by atoms with Gasteiger partial charge in [0.25, 0.3) is 0 Å². The van der Waals surface area contributed by atoms with E-state index in [1.165, 1.54) is 18.2 Å². The largest absolute Gasteiger partial charge is 0.458 e. The summed E-state index contributed by atoms with van der Waals surface area (Å²) in [6, 6.07) is 5.12. The number of cyclic esters (lactones) is 1. The quantitative estimate of drug-likeness (QED) is 0.690. The summed E-state index contributed by atoms with van der Waals surface area (Å²) in [5.74, 6) is -0.605. The van der Waals surface area contributed by atoms with Crippen LogP contribution in [0, 0.1) is 0 Å². The van der Waals surface area contributed by atoms with Crippen LogP contribution >= 0.6 is 0 Å². The Bertz CT molecular complexity index is 461. The Morgan fingerprint density at radius 3 is 2.44 bits per heavy atom. The smallest absolute Gasteiger partial charge is 0.416 e. The van der Waals surface area contributed by atoms with Gasteiger partial charge in [0.05, 0.1) is 5.56 Å². The Morgan fingerprint density at radius 2 is 1.88 bits per heavy atom. The van der Waals surface area contributed by atoms with E-state index in [1.807, 2.05) is 0 Å². The molecule has 0 spiro atoms. The van der Waals surface area contributed by atoms with Crippen LogP contribution in [-0.2, 0) is 15.7 Å². The van der Waals surface area contributed by atoms with E-state index in [-0.39, 0.29) is 17.7 Å². The van der Waals surface area contributed by atoms with Crippen LogP contribution in [0.5, 0.6) is 0 Å². The number of esters is 1. The van der Waals surface area contributed by atoms with E-state index in [9.17, 15) is 18.0 Å². The fourth-order valence-corrected chi connectivity index (χ4v) is 1.54. The fraction of sp³-hybridized carbons (Fsp3) is 0.182. The molecule has 5 heteroatoms. The third kappa shape index (κ3) is 1.93. The van der Waals surface area contributed by atoms with Crippen LogP contribution < -0.4 is 0 Å². The first-order valence-corrected chi connectivity index (χ1v) is 4.52. The molecule has 0 saturated heterocycles. The molecule has 0 aliphatic carbocycles. The van der Waals surface area contributed by atoms with Crippen molar-refractivity contribution in [2.75, 3.05) is 6.61 Å². The number of hydrogen-bond acceptors (Lipinski definition) is 2. The normalized spacial score (nSPS) is 15.9. The number of halogens is 3. The lowest BCUT2D eigenvalue weighted by Gasteiger charge is -2.12. The molecule has 0 unspecified atom stereocenters. The molecule has 0 saturated carbocycles. The molecule has 1 aromatic rings. The van der Waals surface area contributed by atoms with Crippen LogP contribution in [0.15, 0.2) is 30.3 Å². The van der Waals surface area contributed by atoms with Crippen molar-refractivity contribution < 1.29 is 22.7 Å². The molecule has 1 aliphatic rings. The maximum absolute atomic E-state index is 12.6. The van der Waals surface area contributed by atoms with Gasteiger partial charge in [-0.3, -0.25) is 0 Å². The van der Waals surface area contributed by atoms with Gasteiger partial charge in [0, 0.05) is 11.6 Å². The second-order valence-corrected chi connectivity index (χ2v) is 3.32. The van der Waals surface area contributed by atoms with E-state index in [0.29, 0.717) is 0 Å². The molecule has 0 aromatic heterocycles. The Morgan fingerprint density at radius 1 is 1.19 bits per heavy atom. The van der Waals surface area contributed by atoms with Crippen molar-refractivity contribution in [3.8, 4) is 0 Å². The average Bonchev–Trinajstić information content (AvgIpc) is 2.64. The second kappa shape index (κ2) is 3.66. The third-order valence-electron chi connectivity index (χ3n) is 2.24. The minimum Gasteiger partial charge on any atom is -0.458 e. The fourth-order valence-electron chi connectivity index (χ4n) is 1.54. The van der Waals surface area contributed by atoms with Gasteiger partial charge in [-0.05, 0) is 11.6 Å². The Kier molecular flexibility index (Phi) is 2.46. The molecule has 0 atom stereocenters. The number of rotatable bonds is 1. The van der Waals surface area contributed by atoms with Crippen molar-refractivity contribution in [2.45, 2.75) is 6.18 Å². The molecule has 84 valence electrons. The zero-order chi connectivity index (χ0) is 11.8. The summed E-state index contributed by atoms with van der Waals surface area (Å²) >= 11 is 0. The monoisotopic (exact) mass is 228 g/mol. The molecule has 0 N–H and O–H groups in total. The predicted octanol–water partition coefficient (Wildman–Crippen LogP) is 2.65. The van der Waals surface area contributed by atoms with E-state index in [4.69, 9.17) is 0 Å². The zero-order valence-corrected chi connectivity index (χ0v) is 8.04. The summed E-state index contributed by atoms with van der Waals surface area (Å²) in [6.45, 7) is -0.105. The molecule has 2 rings (SSSR count). The lowest BCUT2D eigenvalue weighted by Crippen LogP contribution is -2.08. The van der Waals surface area contributed by atoms with Crippen molar-refractivity contribution >= 4 is 11.5 Å². The van der Waals surface area contributed by atoms with E-state index in [2.05, 4.69) is 4.74 Å². The van der Waals surface area contributed by atoms with Gasteiger partial charge >= 0.3 is 12.1 Å².